The molecule has 0 unspecified atom stereocenters. The van der Waals surface area contributed by atoms with E-state index in [0.717, 1.165) is 50.9 Å². The van der Waals surface area contributed by atoms with Gasteiger partial charge in [0.1, 0.15) is 6.04 Å². The van der Waals surface area contributed by atoms with Gasteiger partial charge in [0.2, 0.25) is 0 Å². The van der Waals surface area contributed by atoms with E-state index in [-0.39, 0.29) is 6.04 Å². The van der Waals surface area contributed by atoms with Gasteiger partial charge in [0.05, 0.1) is 0 Å². The molecule has 2 fully saturated rings. The van der Waals surface area contributed by atoms with Crippen molar-refractivity contribution in [3.8, 4) is 0 Å². The van der Waals surface area contributed by atoms with Crippen molar-refractivity contribution in [3.63, 3.8) is 0 Å². The van der Waals surface area contributed by atoms with Crippen LogP contribution in [0.15, 0.2) is 0 Å². The van der Waals surface area contributed by atoms with Gasteiger partial charge in [0.25, 0.3) is 0 Å². The van der Waals surface area contributed by atoms with Crippen molar-refractivity contribution in [3.05, 3.63) is 5.82 Å². The number of H-pyrrole nitrogens is 1. The fraction of sp³-hybridized carbons (Fsp3) is 0.846. The number of carbonyl (C=O) groups is 1. The first-order valence-corrected chi connectivity index (χ1v) is 7.42. The fourth-order valence-electron chi connectivity index (χ4n) is 3.89. The summed E-state index contributed by atoms with van der Waals surface area (Å²) in [7, 11) is 0. The molecule has 1 saturated heterocycles. The molecule has 7 heteroatoms. The molecule has 0 aromatic carbocycles. The predicted molar refractivity (Wildman–Crippen MR) is 70.9 cm³/mol. The van der Waals surface area contributed by atoms with E-state index in [1.165, 1.54) is 0 Å². The molecular formula is C13H21N5O2. The number of aromatic amines is 1. The lowest BCUT2D eigenvalue weighted by atomic mass is 9.67. The van der Waals surface area contributed by atoms with Gasteiger partial charge in [0, 0.05) is 6.42 Å². The zero-order valence-corrected chi connectivity index (χ0v) is 11.5. The standard InChI is InChI=1S/C13H21N5O2/c19-13(20)12-10-3-1-8(7-9(10)5-6-14-12)2-4-11-15-17-18-16-11/h8-10,12,14H,1-7H2,(H,19,20)(H,15,16,17,18)/t8-,9+,10-,12-/m1/s1. The Morgan fingerprint density at radius 1 is 1.35 bits per heavy atom. The number of fused-ring (bicyclic) bond motifs is 1. The molecule has 2 heterocycles. The number of hydrogen-bond donors (Lipinski definition) is 3. The van der Waals surface area contributed by atoms with Crippen LogP contribution in [-0.4, -0.2) is 44.3 Å². The summed E-state index contributed by atoms with van der Waals surface area (Å²) in [4.78, 5) is 11.3. The van der Waals surface area contributed by atoms with E-state index < -0.39 is 5.97 Å². The predicted octanol–water partition coefficient (Wildman–Crippen LogP) is 0.611. The highest BCUT2D eigenvalue weighted by molar-refractivity contribution is 5.74. The molecular weight excluding hydrogens is 258 g/mol. The zero-order valence-electron chi connectivity index (χ0n) is 11.5. The molecule has 0 amide bonds. The number of nitrogens with one attached hydrogen (secondary N) is 2. The largest absolute Gasteiger partial charge is 0.480 e. The first-order valence-electron chi connectivity index (χ1n) is 7.42. The molecule has 0 bridgehead atoms. The van der Waals surface area contributed by atoms with Crippen molar-refractivity contribution in [2.45, 2.75) is 44.6 Å². The first-order chi connectivity index (χ1) is 9.74. The summed E-state index contributed by atoms with van der Waals surface area (Å²) in [6.45, 7) is 0.829. The SMILES string of the molecule is O=C(O)[C@@H]1NCC[C@H]2C[C@@H](CCc3nn[nH]n3)CC[C@H]21. The molecule has 1 aliphatic heterocycles. The minimum atomic E-state index is -0.690. The molecule has 1 aromatic rings. The zero-order chi connectivity index (χ0) is 13.9. The van der Waals surface area contributed by atoms with Crippen LogP contribution in [0.4, 0.5) is 0 Å². The van der Waals surface area contributed by atoms with E-state index in [1.54, 1.807) is 0 Å². The van der Waals surface area contributed by atoms with Crippen LogP contribution in [0, 0.1) is 17.8 Å². The number of nitrogens with zero attached hydrogens (tertiary/aromatic N) is 3. The molecule has 1 saturated carbocycles. The van der Waals surface area contributed by atoms with E-state index in [4.69, 9.17) is 0 Å². The van der Waals surface area contributed by atoms with Gasteiger partial charge < -0.3 is 10.4 Å². The topological polar surface area (TPSA) is 104 Å². The summed E-state index contributed by atoms with van der Waals surface area (Å²) in [5.41, 5.74) is 0. The maximum absolute atomic E-state index is 11.3. The number of hydrogen-bond acceptors (Lipinski definition) is 5. The summed E-state index contributed by atoms with van der Waals surface area (Å²) in [6, 6.07) is -0.341. The first kappa shape index (κ1) is 13.5. The third-order valence-corrected chi connectivity index (χ3v) is 4.89. The lowest BCUT2D eigenvalue weighted by Crippen LogP contribution is -2.52. The molecule has 4 atom stereocenters. The molecule has 0 spiro atoms. The number of carboxylic acid groups (broad SMARTS) is 1. The molecule has 3 rings (SSSR count). The molecule has 7 nitrogen and oxygen atoms in total. The Morgan fingerprint density at radius 2 is 2.25 bits per heavy atom. The number of aliphatic carboxylic acids is 1. The number of rotatable bonds is 4. The van der Waals surface area contributed by atoms with E-state index in [9.17, 15) is 9.90 Å². The van der Waals surface area contributed by atoms with Crippen LogP contribution in [-0.2, 0) is 11.2 Å². The highest BCUT2D eigenvalue weighted by Crippen LogP contribution is 2.41. The molecule has 0 radical (unpaired) electrons. The van der Waals surface area contributed by atoms with Crippen molar-refractivity contribution in [2.75, 3.05) is 6.54 Å². The fourth-order valence-corrected chi connectivity index (χ4v) is 3.89. The second kappa shape index (κ2) is 5.87. The summed E-state index contributed by atoms with van der Waals surface area (Å²) >= 11 is 0. The quantitative estimate of drug-likeness (QED) is 0.746. The Bertz CT molecular complexity index is 450. The van der Waals surface area contributed by atoms with Crippen LogP contribution in [0.3, 0.4) is 0 Å². The van der Waals surface area contributed by atoms with E-state index in [0.29, 0.717) is 17.8 Å². The van der Waals surface area contributed by atoms with Gasteiger partial charge in [-0.15, -0.1) is 10.2 Å². The summed E-state index contributed by atoms with van der Waals surface area (Å²) < 4.78 is 0. The lowest BCUT2D eigenvalue weighted by Gasteiger charge is -2.42. The van der Waals surface area contributed by atoms with Gasteiger partial charge in [-0.25, -0.2) is 0 Å². The van der Waals surface area contributed by atoms with Crippen LogP contribution in [0.5, 0.6) is 0 Å². The molecule has 3 N–H and O–H groups in total. The normalized spacial score (nSPS) is 33.6. The Morgan fingerprint density at radius 3 is 3.00 bits per heavy atom. The van der Waals surface area contributed by atoms with Crippen molar-refractivity contribution in [1.29, 1.82) is 0 Å². The lowest BCUT2D eigenvalue weighted by molar-refractivity contribution is -0.143. The number of tetrazole rings is 1. The molecule has 1 aromatic heterocycles. The minimum absolute atomic E-state index is 0.308. The third kappa shape index (κ3) is 2.82. The van der Waals surface area contributed by atoms with Crippen molar-refractivity contribution in [1.82, 2.24) is 25.9 Å². The van der Waals surface area contributed by atoms with Gasteiger partial charge in [-0.05, 0) is 50.0 Å². The maximum Gasteiger partial charge on any atom is 0.320 e. The second-order valence-electron chi connectivity index (χ2n) is 6.03. The van der Waals surface area contributed by atoms with Crippen molar-refractivity contribution in [2.24, 2.45) is 17.8 Å². The van der Waals surface area contributed by atoms with Crippen LogP contribution in [0.2, 0.25) is 0 Å². The van der Waals surface area contributed by atoms with Gasteiger partial charge in [-0.3, -0.25) is 4.79 Å². The van der Waals surface area contributed by atoms with E-state index in [1.807, 2.05) is 0 Å². The van der Waals surface area contributed by atoms with Crippen LogP contribution in [0.1, 0.15) is 37.9 Å². The number of aryl methyl sites for hydroxylation is 1. The van der Waals surface area contributed by atoms with Gasteiger partial charge >= 0.3 is 5.97 Å². The van der Waals surface area contributed by atoms with E-state index >= 15 is 0 Å². The van der Waals surface area contributed by atoms with Crippen LogP contribution in [0.25, 0.3) is 0 Å². The number of aromatic nitrogens is 4. The Kier molecular flexibility index (Phi) is 3.95. The number of carboxylic acids is 1. The summed E-state index contributed by atoms with van der Waals surface area (Å²) in [6.07, 6.45) is 6.32. The summed E-state index contributed by atoms with van der Waals surface area (Å²) in [5, 5.41) is 26.4. The highest BCUT2D eigenvalue weighted by Gasteiger charge is 2.40. The van der Waals surface area contributed by atoms with Crippen LogP contribution >= 0.6 is 0 Å². The maximum atomic E-state index is 11.3. The van der Waals surface area contributed by atoms with Gasteiger partial charge in [-0.2, -0.15) is 5.21 Å². The molecule has 110 valence electrons. The Hall–Kier alpha value is -1.50. The highest BCUT2D eigenvalue weighted by atomic mass is 16.4. The molecule has 2 aliphatic rings. The van der Waals surface area contributed by atoms with E-state index in [2.05, 4.69) is 25.9 Å². The number of piperidine rings is 1. The Labute approximate surface area is 117 Å². The Balaban J connectivity index is 1.54. The average molecular weight is 279 g/mol. The van der Waals surface area contributed by atoms with Crippen molar-refractivity contribution >= 4 is 5.97 Å². The van der Waals surface area contributed by atoms with Crippen LogP contribution < -0.4 is 5.32 Å². The van der Waals surface area contributed by atoms with Gasteiger partial charge in [-0.1, -0.05) is 11.6 Å². The monoisotopic (exact) mass is 279 g/mol. The molecule has 1 aliphatic carbocycles. The smallest absolute Gasteiger partial charge is 0.320 e. The minimum Gasteiger partial charge on any atom is -0.480 e. The third-order valence-electron chi connectivity index (χ3n) is 4.89. The van der Waals surface area contributed by atoms with Crippen molar-refractivity contribution < 1.29 is 9.90 Å². The van der Waals surface area contributed by atoms with Gasteiger partial charge in [0.15, 0.2) is 5.82 Å². The average Bonchev–Trinajstić information content (AvgIpc) is 2.97. The second-order valence-corrected chi connectivity index (χ2v) is 6.03. The molecule has 20 heavy (non-hydrogen) atoms. The summed E-state index contributed by atoms with van der Waals surface area (Å²) in [5.74, 6) is 1.62.